The van der Waals surface area contributed by atoms with Crippen molar-refractivity contribution in [2.45, 2.75) is 63.8 Å². The number of fused-ring (bicyclic) bond motifs is 1. The molecule has 9 nitrogen and oxygen atoms in total. The molecule has 6 atom stereocenters. The first-order valence-corrected chi connectivity index (χ1v) is 16.0. The van der Waals surface area contributed by atoms with Crippen LogP contribution in [0.2, 0.25) is 5.02 Å². The van der Waals surface area contributed by atoms with Crippen molar-refractivity contribution >= 4 is 40.7 Å². The lowest BCUT2D eigenvalue weighted by molar-refractivity contribution is -0.144. The summed E-state index contributed by atoms with van der Waals surface area (Å²) in [6, 6.07) is 10.9. The molecule has 2 aromatic rings. The molecular formula is C35H42ClN3O6. The maximum Gasteiger partial charge on any atom is 0.253 e. The van der Waals surface area contributed by atoms with Crippen molar-refractivity contribution in [1.82, 2.24) is 4.90 Å². The first-order chi connectivity index (χ1) is 21.7. The second kappa shape index (κ2) is 13.4. The predicted octanol–water partition coefficient (Wildman–Crippen LogP) is 4.93. The summed E-state index contributed by atoms with van der Waals surface area (Å²) in [5.74, 6) is -2.02. The Kier molecular flexibility index (Phi) is 9.72. The highest BCUT2D eigenvalue weighted by Gasteiger charge is 2.75. The van der Waals surface area contributed by atoms with Crippen LogP contribution >= 0.6 is 11.6 Å². The molecule has 3 fully saturated rings. The van der Waals surface area contributed by atoms with Crippen molar-refractivity contribution in [3.05, 3.63) is 78.4 Å². The standard InChI is InChI=1S/C35H42ClN3O6/c1-6-19-37(24-13-15-25(16-14-24)44-9-4)32(41)28-27-17-18-35(45-27)29(28)33(42)39(23(8-3)21-40)31(35)34(43)38(20-7-2)30-22(5)11-10-12-26(30)36/h6-7,10-16,23,27-29,31,40H,1-2,8-9,17-21H2,3-5H3/t23-,27+,28-,29-,31?,35?/m0/s1. The molecule has 0 aromatic heterocycles. The Balaban J connectivity index is 1.58. The first-order valence-electron chi connectivity index (χ1n) is 15.6. The summed E-state index contributed by atoms with van der Waals surface area (Å²) in [6.45, 7) is 13.9. The normalized spacial score (nSPS) is 25.5. The lowest BCUT2D eigenvalue weighted by Gasteiger charge is -2.39. The van der Waals surface area contributed by atoms with Crippen LogP contribution < -0.4 is 14.5 Å². The zero-order chi connectivity index (χ0) is 32.5. The van der Waals surface area contributed by atoms with Crippen LogP contribution in [0.25, 0.3) is 0 Å². The largest absolute Gasteiger partial charge is 0.494 e. The summed E-state index contributed by atoms with van der Waals surface area (Å²) >= 11 is 6.65. The Hall–Kier alpha value is -3.66. The van der Waals surface area contributed by atoms with E-state index >= 15 is 0 Å². The molecule has 3 amide bonds. The third kappa shape index (κ3) is 5.45. The van der Waals surface area contributed by atoms with Gasteiger partial charge in [-0.25, -0.2) is 0 Å². The van der Waals surface area contributed by atoms with Crippen LogP contribution in [0, 0.1) is 18.8 Å². The molecule has 10 heteroatoms. The molecule has 2 aromatic carbocycles. The van der Waals surface area contributed by atoms with Crippen molar-refractivity contribution in [3.8, 4) is 5.75 Å². The number of carbonyl (C=O) groups excluding carboxylic acids is 3. The third-order valence-electron chi connectivity index (χ3n) is 9.41. The number of hydrogen-bond donors (Lipinski definition) is 1. The van der Waals surface area contributed by atoms with Gasteiger partial charge in [0.25, 0.3) is 5.91 Å². The van der Waals surface area contributed by atoms with Crippen molar-refractivity contribution in [2.24, 2.45) is 11.8 Å². The molecule has 3 aliphatic heterocycles. The van der Waals surface area contributed by atoms with Crippen molar-refractivity contribution in [1.29, 1.82) is 0 Å². The van der Waals surface area contributed by atoms with Crippen LogP contribution in [0.4, 0.5) is 11.4 Å². The van der Waals surface area contributed by atoms with Gasteiger partial charge in [0.1, 0.15) is 17.4 Å². The molecular weight excluding hydrogens is 594 g/mol. The van der Waals surface area contributed by atoms with Crippen LogP contribution in [-0.2, 0) is 19.1 Å². The fraction of sp³-hybridized carbons (Fsp3) is 0.457. The van der Waals surface area contributed by atoms with Gasteiger partial charge >= 0.3 is 0 Å². The van der Waals surface area contributed by atoms with E-state index in [4.69, 9.17) is 21.1 Å². The van der Waals surface area contributed by atoms with Crippen LogP contribution in [-0.4, -0.2) is 77.8 Å². The summed E-state index contributed by atoms with van der Waals surface area (Å²) in [5, 5.41) is 10.8. The van der Waals surface area contributed by atoms with Gasteiger partial charge in [-0.05, 0) is 69.0 Å². The average molecular weight is 636 g/mol. The van der Waals surface area contributed by atoms with E-state index in [1.807, 2.05) is 45.0 Å². The molecule has 3 saturated heterocycles. The number of ether oxygens (including phenoxy) is 2. The van der Waals surface area contributed by atoms with E-state index in [-0.39, 0.29) is 37.4 Å². The second-order valence-electron chi connectivity index (χ2n) is 11.9. The van der Waals surface area contributed by atoms with Gasteiger partial charge in [0.2, 0.25) is 11.8 Å². The number of halogens is 1. The highest BCUT2D eigenvalue weighted by atomic mass is 35.5. The number of aliphatic hydroxyl groups is 1. The van der Waals surface area contributed by atoms with Crippen molar-refractivity contribution < 1.29 is 29.0 Å². The predicted molar refractivity (Wildman–Crippen MR) is 175 cm³/mol. The first kappa shape index (κ1) is 32.7. The maximum atomic E-state index is 14.8. The number of amides is 3. The minimum absolute atomic E-state index is 0.148. The minimum atomic E-state index is -1.24. The van der Waals surface area contributed by atoms with Gasteiger partial charge in [-0.3, -0.25) is 14.4 Å². The molecule has 5 rings (SSSR count). The molecule has 0 aliphatic carbocycles. The second-order valence-corrected chi connectivity index (χ2v) is 12.3. The number of para-hydroxylation sites is 1. The highest BCUT2D eigenvalue weighted by Crippen LogP contribution is 2.59. The smallest absolute Gasteiger partial charge is 0.253 e. The molecule has 2 unspecified atom stereocenters. The number of likely N-dealkylation sites (tertiary alicyclic amines) is 1. The van der Waals surface area contributed by atoms with E-state index in [0.717, 1.165) is 5.56 Å². The van der Waals surface area contributed by atoms with Gasteiger partial charge in [-0.2, -0.15) is 0 Å². The summed E-state index contributed by atoms with van der Waals surface area (Å²) in [4.78, 5) is 48.5. The zero-order valence-corrected chi connectivity index (χ0v) is 26.9. The molecule has 0 saturated carbocycles. The van der Waals surface area contributed by atoms with E-state index in [1.54, 1.807) is 40.2 Å². The number of nitrogens with zero attached hydrogens (tertiary/aromatic N) is 3. The quantitative estimate of drug-likeness (QED) is 0.314. The molecule has 45 heavy (non-hydrogen) atoms. The fourth-order valence-corrected chi connectivity index (χ4v) is 7.84. The van der Waals surface area contributed by atoms with E-state index in [0.29, 0.717) is 48.0 Å². The average Bonchev–Trinajstić information content (AvgIpc) is 3.68. The lowest BCUT2D eigenvalue weighted by atomic mass is 9.70. The Morgan fingerprint density at radius 3 is 2.42 bits per heavy atom. The number of benzene rings is 2. The van der Waals surface area contributed by atoms with Gasteiger partial charge in [0.15, 0.2) is 0 Å². The van der Waals surface area contributed by atoms with E-state index in [2.05, 4.69) is 13.2 Å². The summed E-state index contributed by atoms with van der Waals surface area (Å²) in [7, 11) is 0. The molecule has 0 radical (unpaired) electrons. The van der Waals surface area contributed by atoms with E-state index < -0.39 is 35.6 Å². The van der Waals surface area contributed by atoms with Gasteiger partial charge < -0.3 is 29.3 Å². The van der Waals surface area contributed by atoms with Gasteiger partial charge in [-0.15, -0.1) is 13.2 Å². The number of carbonyl (C=O) groups is 3. The Morgan fingerprint density at radius 2 is 1.82 bits per heavy atom. The van der Waals surface area contributed by atoms with Crippen LogP contribution in [0.3, 0.4) is 0 Å². The highest BCUT2D eigenvalue weighted by molar-refractivity contribution is 6.34. The van der Waals surface area contributed by atoms with Crippen LogP contribution in [0.5, 0.6) is 5.75 Å². The number of aliphatic hydroxyl groups excluding tert-OH is 1. The molecule has 1 N–H and O–H groups in total. The lowest BCUT2D eigenvalue weighted by Crippen LogP contribution is -2.59. The van der Waals surface area contributed by atoms with Gasteiger partial charge in [0.05, 0.1) is 47.9 Å². The Morgan fingerprint density at radius 1 is 1.13 bits per heavy atom. The number of rotatable bonds is 13. The van der Waals surface area contributed by atoms with Crippen molar-refractivity contribution in [2.75, 3.05) is 36.1 Å². The van der Waals surface area contributed by atoms with Gasteiger partial charge in [-0.1, -0.05) is 42.8 Å². The maximum absolute atomic E-state index is 14.8. The summed E-state index contributed by atoms with van der Waals surface area (Å²) in [5.41, 5.74) is 0.719. The minimum Gasteiger partial charge on any atom is -0.494 e. The molecule has 2 bridgehead atoms. The summed E-state index contributed by atoms with van der Waals surface area (Å²) < 4.78 is 12.3. The monoisotopic (exact) mass is 635 g/mol. The fourth-order valence-electron chi connectivity index (χ4n) is 7.51. The molecule has 3 heterocycles. The van der Waals surface area contributed by atoms with Crippen LogP contribution in [0.15, 0.2) is 67.8 Å². The number of hydrogen-bond acceptors (Lipinski definition) is 6. The van der Waals surface area contributed by atoms with Gasteiger partial charge in [0, 0.05) is 18.8 Å². The number of aryl methyl sites for hydroxylation is 1. The Labute approximate surface area is 270 Å². The molecule has 3 aliphatic rings. The van der Waals surface area contributed by atoms with E-state index in [1.165, 1.54) is 4.90 Å². The topological polar surface area (TPSA) is 99.6 Å². The van der Waals surface area contributed by atoms with Crippen molar-refractivity contribution in [3.63, 3.8) is 0 Å². The SMILES string of the molecule is C=CCN(C(=O)[C@@H]1[C@H]2C(=O)N([C@@H](CC)CO)C(C(=O)N(CC=C)c3c(C)cccc3Cl)C23CC[C@H]1O3)c1ccc(OCC)cc1. The Bertz CT molecular complexity index is 1440. The number of anilines is 2. The van der Waals surface area contributed by atoms with Crippen LogP contribution in [0.1, 0.15) is 38.7 Å². The third-order valence-corrected chi connectivity index (χ3v) is 9.71. The van der Waals surface area contributed by atoms with E-state index in [9.17, 15) is 19.5 Å². The molecule has 1 spiro atoms. The summed E-state index contributed by atoms with van der Waals surface area (Å²) in [6.07, 6.45) is 4.09. The zero-order valence-electron chi connectivity index (χ0n) is 26.2. The molecule has 240 valence electrons.